The van der Waals surface area contributed by atoms with Gasteiger partial charge in [0.2, 0.25) is 0 Å². The standard InChI is InChI=1S/C13H18FNO3/c1-3-18-13(16)10-17-8-7-15(2)12-6-4-5-11(14)9-12/h4-6,9H,3,7-8,10H2,1-2H3. The molecule has 100 valence electrons. The van der Waals surface area contributed by atoms with E-state index in [-0.39, 0.29) is 18.4 Å². The Morgan fingerprint density at radius 1 is 1.44 bits per heavy atom. The number of hydrogen-bond donors (Lipinski definition) is 0. The number of carbonyl (C=O) groups is 1. The number of ether oxygens (including phenoxy) is 2. The second kappa shape index (κ2) is 7.66. The van der Waals surface area contributed by atoms with Crippen LogP contribution in [0.15, 0.2) is 24.3 Å². The quantitative estimate of drug-likeness (QED) is 0.550. The summed E-state index contributed by atoms with van der Waals surface area (Å²) >= 11 is 0. The fourth-order valence-electron chi connectivity index (χ4n) is 1.40. The summed E-state index contributed by atoms with van der Waals surface area (Å²) in [6.45, 7) is 3.00. The number of rotatable bonds is 7. The Bertz CT molecular complexity index is 384. The number of esters is 1. The van der Waals surface area contributed by atoms with Crippen LogP contribution in [0.2, 0.25) is 0 Å². The first-order valence-electron chi connectivity index (χ1n) is 5.83. The molecule has 0 heterocycles. The lowest BCUT2D eigenvalue weighted by Gasteiger charge is -2.19. The van der Waals surface area contributed by atoms with Crippen LogP contribution in [0.3, 0.4) is 0 Å². The minimum Gasteiger partial charge on any atom is -0.464 e. The zero-order chi connectivity index (χ0) is 13.4. The summed E-state index contributed by atoms with van der Waals surface area (Å²) in [5, 5.41) is 0. The molecule has 0 aromatic heterocycles. The third-order valence-electron chi connectivity index (χ3n) is 2.35. The van der Waals surface area contributed by atoms with Crippen LogP contribution in [-0.4, -0.2) is 39.4 Å². The van der Waals surface area contributed by atoms with Gasteiger partial charge in [0, 0.05) is 19.3 Å². The Hall–Kier alpha value is -1.62. The molecule has 1 aromatic rings. The maximum absolute atomic E-state index is 13.0. The van der Waals surface area contributed by atoms with E-state index >= 15 is 0 Å². The molecule has 0 amide bonds. The molecule has 1 aromatic carbocycles. The van der Waals surface area contributed by atoms with Crippen molar-refractivity contribution in [2.24, 2.45) is 0 Å². The first-order chi connectivity index (χ1) is 8.63. The Labute approximate surface area is 106 Å². The first kappa shape index (κ1) is 14.4. The molecular weight excluding hydrogens is 237 g/mol. The molecule has 0 bridgehead atoms. The lowest BCUT2D eigenvalue weighted by atomic mass is 10.3. The summed E-state index contributed by atoms with van der Waals surface area (Å²) in [5.74, 6) is -0.641. The molecule has 0 aliphatic heterocycles. The molecule has 0 aliphatic rings. The van der Waals surface area contributed by atoms with E-state index in [1.54, 1.807) is 13.0 Å². The molecule has 0 unspecified atom stereocenters. The fourth-order valence-corrected chi connectivity index (χ4v) is 1.40. The minimum atomic E-state index is -0.370. The number of nitrogens with zero attached hydrogens (tertiary/aromatic N) is 1. The van der Waals surface area contributed by atoms with E-state index in [0.717, 1.165) is 5.69 Å². The summed E-state index contributed by atoms with van der Waals surface area (Å²) < 4.78 is 22.9. The highest BCUT2D eigenvalue weighted by atomic mass is 19.1. The van der Waals surface area contributed by atoms with E-state index in [2.05, 4.69) is 0 Å². The van der Waals surface area contributed by atoms with Gasteiger partial charge in [-0.15, -0.1) is 0 Å². The molecule has 1 rings (SSSR count). The second-order valence-corrected chi connectivity index (χ2v) is 3.76. The third-order valence-corrected chi connectivity index (χ3v) is 2.35. The Kier molecular flexibility index (Phi) is 6.14. The number of halogens is 1. The third kappa shape index (κ3) is 5.14. The monoisotopic (exact) mass is 255 g/mol. The number of benzene rings is 1. The predicted molar refractivity (Wildman–Crippen MR) is 67.1 cm³/mol. The molecule has 18 heavy (non-hydrogen) atoms. The van der Waals surface area contributed by atoms with Crippen molar-refractivity contribution in [2.75, 3.05) is 38.3 Å². The van der Waals surface area contributed by atoms with Gasteiger partial charge in [0.05, 0.1) is 13.2 Å². The molecule has 0 spiro atoms. The normalized spacial score (nSPS) is 10.2. The molecule has 0 fully saturated rings. The van der Waals surface area contributed by atoms with Crippen molar-refractivity contribution in [3.63, 3.8) is 0 Å². The maximum atomic E-state index is 13.0. The molecule has 0 radical (unpaired) electrons. The zero-order valence-electron chi connectivity index (χ0n) is 10.7. The Morgan fingerprint density at radius 2 is 2.22 bits per heavy atom. The summed E-state index contributed by atoms with van der Waals surface area (Å²) in [5.41, 5.74) is 0.773. The van der Waals surface area contributed by atoms with Crippen molar-refractivity contribution >= 4 is 11.7 Å². The van der Waals surface area contributed by atoms with Gasteiger partial charge >= 0.3 is 5.97 Å². The van der Waals surface area contributed by atoms with E-state index in [9.17, 15) is 9.18 Å². The zero-order valence-corrected chi connectivity index (χ0v) is 10.7. The van der Waals surface area contributed by atoms with Crippen molar-refractivity contribution in [1.29, 1.82) is 0 Å². The molecule has 0 aliphatic carbocycles. The molecule has 0 N–H and O–H groups in total. The van der Waals surface area contributed by atoms with Gasteiger partial charge in [-0.1, -0.05) is 6.07 Å². The van der Waals surface area contributed by atoms with E-state index < -0.39 is 0 Å². The van der Waals surface area contributed by atoms with Gasteiger partial charge in [-0.05, 0) is 25.1 Å². The smallest absolute Gasteiger partial charge is 0.332 e. The molecule has 5 heteroatoms. The van der Waals surface area contributed by atoms with E-state index in [1.807, 2.05) is 18.0 Å². The first-order valence-corrected chi connectivity index (χ1v) is 5.83. The van der Waals surface area contributed by atoms with E-state index in [1.165, 1.54) is 12.1 Å². The molecule has 4 nitrogen and oxygen atoms in total. The van der Waals surface area contributed by atoms with Crippen LogP contribution in [0.5, 0.6) is 0 Å². The van der Waals surface area contributed by atoms with Crippen molar-refractivity contribution in [3.8, 4) is 0 Å². The van der Waals surface area contributed by atoms with Gasteiger partial charge in [-0.25, -0.2) is 9.18 Å². The van der Waals surface area contributed by atoms with Crippen LogP contribution >= 0.6 is 0 Å². The maximum Gasteiger partial charge on any atom is 0.332 e. The average molecular weight is 255 g/mol. The van der Waals surface area contributed by atoms with E-state index in [4.69, 9.17) is 9.47 Å². The van der Waals surface area contributed by atoms with Crippen LogP contribution in [0, 0.1) is 5.82 Å². The van der Waals surface area contributed by atoms with Crippen molar-refractivity contribution in [2.45, 2.75) is 6.92 Å². The highest BCUT2D eigenvalue weighted by molar-refractivity contribution is 5.70. The van der Waals surface area contributed by atoms with E-state index in [0.29, 0.717) is 19.8 Å². The van der Waals surface area contributed by atoms with Crippen LogP contribution in [0.25, 0.3) is 0 Å². The van der Waals surface area contributed by atoms with Crippen molar-refractivity contribution in [1.82, 2.24) is 0 Å². The number of likely N-dealkylation sites (N-methyl/N-ethyl adjacent to an activating group) is 1. The average Bonchev–Trinajstić information content (AvgIpc) is 2.35. The lowest BCUT2D eigenvalue weighted by molar-refractivity contribution is -0.148. The number of anilines is 1. The minimum absolute atomic E-state index is 0.0508. The Balaban J connectivity index is 2.25. The van der Waals surface area contributed by atoms with Crippen molar-refractivity contribution < 1.29 is 18.7 Å². The van der Waals surface area contributed by atoms with Gasteiger partial charge in [-0.2, -0.15) is 0 Å². The highest BCUT2D eigenvalue weighted by Gasteiger charge is 2.04. The number of carbonyl (C=O) groups excluding carboxylic acids is 1. The predicted octanol–water partition coefficient (Wildman–Crippen LogP) is 1.84. The summed E-state index contributed by atoms with van der Waals surface area (Å²) in [6, 6.07) is 6.31. The van der Waals surface area contributed by atoms with Crippen LogP contribution in [0.4, 0.5) is 10.1 Å². The van der Waals surface area contributed by atoms with Crippen LogP contribution < -0.4 is 4.90 Å². The molecule has 0 saturated carbocycles. The topological polar surface area (TPSA) is 38.8 Å². The fraction of sp³-hybridized carbons (Fsp3) is 0.462. The second-order valence-electron chi connectivity index (χ2n) is 3.76. The largest absolute Gasteiger partial charge is 0.464 e. The molecule has 0 saturated heterocycles. The summed E-state index contributed by atoms with van der Waals surface area (Å²) in [6.07, 6.45) is 0. The SMILES string of the molecule is CCOC(=O)COCCN(C)c1cccc(F)c1. The molecular formula is C13H18FNO3. The van der Waals surface area contributed by atoms with Gasteiger partial charge in [0.15, 0.2) is 0 Å². The van der Waals surface area contributed by atoms with Gasteiger partial charge < -0.3 is 14.4 Å². The lowest BCUT2D eigenvalue weighted by Crippen LogP contribution is -2.24. The Morgan fingerprint density at radius 3 is 2.89 bits per heavy atom. The highest BCUT2D eigenvalue weighted by Crippen LogP contribution is 2.13. The van der Waals surface area contributed by atoms with Gasteiger partial charge in [-0.3, -0.25) is 0 Å². The summed E-state index contributed by atoms with van der Waals surface area (Å²) in [7, 11) is 1.84. The molecule has 0 atom stereocenters. The van der Waals surface area contributed by atoms with Gasteiger partial charge in [0.1, 0.15) is 12.4 Å². The van der Waals surface area contributed by atoms with Crippen LogP contribution in [0.1, 0.15) is 6.92 Å². The van der Waals surface area contributed by atoms with Gasteiger partial charge in [0.25, 0.3) is 0 Å². The van der Waals surface area contributed by atoms with Crippen molar-refractivity contribution in [3.05, 3.63) is 30.1 Å². The van der Waals surface area contributed by atoms with Crippen LogP contribution in [-0.2, 0) is 14.3 Å². The summed E-state index contributed by atoms with van der Waals surface area (Å²) in [4.78, 5) is 12.8. The number of hydrogen-bond acceptors (Lipinski definition) is 4.